The number of hydrogen-bond acceptors (Lipinski definition) is 2. The van der Waals surface area contributed by atoms with E-state index in [1.807, 2.05) is 0 Å². The van der Waals surface area contributed by atoms with Crippen molar-refractivity contribution in [3.05, 3.63) is 65.5 Å². The number of benzene rings is 2. The van der Waals surface area contributed by atoms with E-state index in [1.165, 1.54) is 18.2 Å². The van der Waals surface area contributed by atoms with Crippen LogP contribution < -0.4 is 11.1 Å². The minimum Gasteiger partial charge on any atom is -0.322 e. The second-order valence-electron chi connectivity index (χ2n) is 4.05. The fraction of sp³-hybridized carbons (Fsp3) is 0.0625. The first-order valence-corrected chi connectivity index (χ1v) is 6.05. The standard InChI is InChI=1S/C16H13FN2O/c17-14-7-2-8-15(11-14)19-16(20)13-6-1-4-12(10-13)5-3-9-18/h1-2,4,6-8,10-11H,9,18H2,(H,19,20). The Balaban J connectivity index is 2.17. The van der Waals surface area contributed by atoms with Gasteiger partial charge in [0, 0.05) is 16.8 Å². The molecule has 1 amide bonds. The van der Waals surface area contributed by atoms with E-state index in [-0.39, 0.29) is 12.5 Å². The molecular weight excluding hydrogens is 255 g/mol. The van der Waals surface area contributed by atoms with E-state index in [0.717, 1.165) is 0 Å². The number of carbonyl (C=O) groups is 1. The van der Waals surface area contributed by atoms with Gasteiger partial charge in [0.2, 0.25) is 0 Å². The van der Waals surface area contributed by atoms with Crippen molar-refractivity contribution in [2.45, 2.75) is 0 Å². The largest absolute Gasteiger partial charge is 0.322 e. The molecule has 4 heteroatoms. The van der Waals surface area contributed by atoms with Crippen LogP contribution in [0, 0.1) is 17.7 Å². The summed E-state index contributed by atoms with van der Waals surface area (Å²) in [5.74, 6) is 4.87. The van der Waals surface area contributed by atoms with Gasteiger partial charge in [-0.15, -0.1) is 0 Å². The normalized spacial score (nSPS) is 9.50. The lowest BCUT2D eigenvalue weighted by Gasteiger charge is -2.05. The average molecular weight is 268 g/mol. The number of nitrogens with two attached hydrogens (primary N) is 1. The number of nitrogens with one attached hydrogen (secondary N) is 1. The molecule has 2 aromatic carbocycles. The zero-order valence-electron chi connectivity index (χ0n) is 10.7. The summed E-state index contributed by atoms with van der Waals surface area (Å²) in [6, 6.07) is 12.6. The number of carbonyl (C=O) groups excluding carboxylic acids is 1. The molecule has 3 nitrogen and oxygen atoms in total. The molecule has 0 radical (unpaired) electrons. The molecule has 3 N–H and O–H groups in total. The van der Waals surface area contributed by atoms with Gasteiger partial charge >= 0.3 is 0 Å². The fourth-order valence-electron chi connectivity index (χ4n) is 1.66. The third-order valence-corrected chi connectivity index (χ3v) is 2.54. The maximum atomic E-state index is 13.0. The Kier molecular flexibility index (Phi) is 4.48. The molecule has 0 aromatic heterocycles. The maximum absolute atomic E-state index is 13.0. The Labute approximate surface area is 116 Å². The Bertz CT molecular complexity index is 686. The highest BCUT2D eigenvalue weighted by atomic mass is 19.1. The van der Waals surface area contributed by atoms with E-state index in [9.17, 15) is 9.18 Å². The smallest absolute Gasteiger partial charge is 0.255 e. The van der Waals surface area contributed by atoms with Gasteiger partial charge in [0.25, 0.3) is 5.91 Å². The first kappa shape index (κ1) is 13.8. The highest BCUT2D eigenvalue weighted by Crippen LogP contribution is 2.12. The van der Waals surface area contributed by atoms with Crippen molar-refractivity contribution in [1.82, 2.24) is 0 Å². The zero-order chi connectivity index (χ0) is 14.4. The number of rotatable bonds is 2. The molecule has 0 fully saturated rings. The van der Waals surface area contributed by atoms with E-state index in [2.05, 4.69) is 17.2 Å². The van der Waals surface area contributed by atoms with Crippen molar-refractivity contribution in [1.29, 1.82) is 0 Å². The van der Waals surface area contributed by atoms with Crippen LogP contribution in [-0.4, -0.2) is 12.5 Å². The summed E-state index contributed by atoms with van der Waals surface area (Å²) in [6.07, 6.45) is 0. The second kappa shape index (κ2) is 6.50. The lowest BCUT2D eigenvalue weighted by Crippen LogP contribution is -2.12. The Morgan fingerprint density at radius 3 is 2.75 bits per heavy atom. The lowest BCUT2D eigenvalue weighted by molar-refractivity contribution is 0.102. The minimum atomic E-state index is -0.398. The Morgan fingerprint density at radius 2 is 2.00 bits per heavy atom. The number of amides is 1. The van der Waals surface area contributed by atoms with Gasteiger partial charge in [-0.1, -0.05) is 24.0 Å². The van der Waals surface area contributed by atoms with Gasteiger partial charge in [0.1, 0.15) is 5.82 Å². The van der Waals surface area contributed by atoms with Gasteiger partial charge in [0.15, 0.2) is 0 Å². The van der Waals surface area contributed by atoms with E-state index in [4.69, 9.17) is 5.73 Å². The van der Waals surface area contributed by atoms with Crippen molar-refractivity contribution < 1.29 is 9.18 Å². The van der Waals surface area contributed by atoms with Crippen LogP contribution in [0.15, 0.2) is 48.5 Å². The quantitative estimate of drug-likeness (QED) is 0.822. The molecular formula is C16H13FN2O. The van der Waals surface area contributed by atoms with Crippen molar-refractivity contribution in [2.24, 2.45) is 5.73 Å². The lowest BCUT2D eigenvalue weighted by atomic mass is 10.1. The van der Waals surface area contributed by atoms with Gasteiger partial charge in [-0.2, -0.15) is 0 Å². The first-order chi connectivity index (χ1) is 9.69. The molecule has 0 unspecified atom stereocenters. The van der Waals surface area contributed by atoms with Crippen LogP contribution in [0.4, 0.5) is 10.1 Å². The van der Waals surface area contributed by atoms with Gasteiger partial charge in [0.05, 0.1) is 6.54 Å². The van der Waals surface area contributed by atoms with Gasteiger partial charge in [-0.05, 0) is 36.4 Å². The van der Waals surface area contributed by atoms with E-state index < -0.39 is 5.82 Å². The fourth-order valence-corrected chi connectivity index (χ4v) is 1.66. The van der Waals surface area contributed by atoms with Crippen LogP contribution in [0.1, 0.15) is 15.9 Å². The van der Waals surface area contributed by atoms with Crippen molar-refractivity contribution in [3.63, 3.8) is 0 Å². The highest BCUT2D eigenvalue weighted by molar-refractivity contribution is 6.04. The van der Waals surface area contributed by atoms with Crippen molar-refractivity contribution in [2.75, 3.05) is 11.9 Å². The molecule has 0 saturated carbocycles. The van der Waals surface area contributed by atoms with Crippen LogP contribution >= 0.6 is 0 Å². The SMILES string of the molecule is NCC#Cc1cccc(C(=O)Nc2cccc(F)c2)c1. The molecule has 2 aromatic rings. The average Bonchev–Trinajstić information content (AvgIpc) is 2.45. The third-order valence-electron chi connectivity index (χ3n) is 2.54. The number of anilines is 1. The van der Waals surface area contributed by atoms with Crippen LogP contribution in [-0.2, 0) is 0 Å². The summed E-state index contributed by atoms with van der Waals surface area (Å²) in [6.45, 7) is 0.264. The van der Waals surface area contributed by atoms with Crippen LogP contribution in [0.5, 0.6) is 0 Å². The summed E-state index contributed by atoms with van der Waals surface area (Å²) in [7, 11) is 0. The Morgan fingerprint density at radius 1 is 1.20 bits per heavy atom. The highest BCUT2D eigenvalue weighted by Gasteiger charge is 2.06. The maximum Gasteiger partial charge on any atom is 0.255 e. The predicted octanol–water partition coefficient (Wildman–Crippen LogP) is 2.39. The topological polar surface area (TPSA) is 55.1 Å². The minimum absolute atomic E-state index is 0.264. The Hall–Kier alpha value is -2.64. The van der Waals surface area contributed by atoms with Crippen LogP contribution in [0.3, 0.4) is 0 Å². The molecule has 0 heterocycles. The van der Waals surface area contributed by atoms with Crippen LogP contribution in [0.2, 0.25) is 0 Å². The summed E-state index contributed by atoms with van der Waals surface area (Å²) in [4.78, 5) is 12.0. The monoisotopic (exact) mass is 268 g/mol. The van der Waals surface area contributed by atoms with E-state index >= 15 is 0 Å². The van der Waals surface area contributed by atoms with Gasteiger partial charge < -0.3 is 11.1 Å². The molecule has 100 valence electrons. The van der Waals surface area contributed by atoms with Crippen molar-refractivity contribution >= 4 is 11.6 Å². The zero-order valence-corrected chi connectivity index (χ0v) is 10.7. The van der Waals surface area contributed by atoms with Crippen molar-refractivity contribution in [3.8, 4) is 11.8 Å². The van der Waals surface area contributed by atoms with E-state index in [1.54, 1.807) is 30.3 Å². The predicted molar refractivity (Wildman–Crippen MR) is 76.7 cm³/mol. The molecule has 0 aliphatic rings. The first-order valence-electron chi connectivity index (χ1n) is 6.05. The summed E-state index contributed by atoms with van der Waals surface area (Å²) < 4.78 is 13.0. The number of halogens is 1. The number of hydrogen-bond donors (Lipinski definition) is 2. The molecule has 20 heavy (non-hydrogen) atoms. The van der Waals surface area contributed by atoms with Crippen LogP contribution in [0.25, 0.3) is 0 Å². The molecule has 0 bridgehead atoms. The third kappa shape index (κ3) is 3.67. The molecule has 2 rings (SSSR count). The van der Waals surface area contributed by atoms with Gasteiger partial charge in [-0.25, -0.2) is 4.39 Å². The molecule has 0 aliphatic carbocycles. The van der Waals surface area contributed by atoms with E-state index in [0.29, 0.717) is 16.8 Å². The molecule has 0 saturated heterocycles. The van der Waals surface area contributed by atoms with Gasteiger partial charge in [-0.3, -0.25) is 4.79 Å². The molecule has 0 spiro atoms. The summed E-state index contributed by atoms with van der Waals surface area (Å²) in [5.41, 5.74) is 6.88. The summed E-state index contributed by atoms with van der Waals surface area (Å²) in [5, 5.41) is 2.63. The molecule has 0 atom stereocenters. The molecule has 0 aliphatic heterocycles. The second-order valence-corrected chi connectivity index (χ2v) is 4.05. The summed E-state index contributed by atoms with van der Waals surface area (Å²) >= 11 is 0.